The second kappa shape index (κ2) is 6.44. The van der Waals surface area contributed by atoms with Crippen LogP contribution in [-0.2, 0) is 13.6 Å². The van der Waals surface area contributed by atoms with Crippen LogP contribution in [0.5, 0.6) is 6.01 Å². The molecular formula is C14H20N10O2. The van der Waals surface area contributed by atoms with E-state index in [0.717, 1.165) is 0 Å². The Kier molecular flexibility index (Phi) is 4.11. The number of fused-ring (bicyclic) bond motifs is 1. The van der Waals surface area contributed by atoms with Gasteiger partial charge in [0.15, 0.2) is 22.8 Å². The number of aryl methyl sites for hydroxylation is 1. The minimum absolute atomic E-state index is 0.0725. The van der Waals surface area contributed by atoms with Crippen molar-refractivity contribution in [2.45, 2.75) is 39.0 Å². The summed E-state index contributed by atoms with van der Waals surface area (Å²) >= 11 is 0. The molecular weight excluding hydrogens is 340 g/mol. The molecule has 0 amide bonds. The highest BCUT2D eigenvalue weighted by molar-refractivity contribution is 5.83. The van der Waals surface area contributed by atoms with Crippen LogP contribution >= 0.6 is 0 Å². The summed E-state index contributed by atoms with van der Waals surface area (Å²) in [5.74, 6) is 1.24. The van der Waals surface area contributed by atoms with Gasteiger partial charge in [-0.05, 0) is 30.7 Å². The number of aromatic nitrogens is 9. The molecule has 0 unspecified atom stereocenters. The summed E-state index contributed by atoms with van der Waals surface area (Å²) in [5, 5.41) is 29.7. The Morgan fingerprint density at radius 2 is 2.08 bits per heavy atom. The summed E-state index contributed by atoms with van der Waals surface area (Å²) in [7, 11) is 1.76. The van der Waals surface area contributed by atoms with Crippen LogP contribution in [0.1, 0.15) is 26.1 Å². The van der Waals surface area contributed by atoms with Gasteiger partial charge in [-0.15, -0.1) is 10.2 Å². The molecule has 1 saturated heterocycles. The predicted molar refractivity (Wildman–Crippen MR) is 89.6 cm³/mol. The molecule has 1 aliphatic heterocycles. The molecule has 1 aliphatic rings. The van der Waals surface area contributed by atoms with Crippen LogP contribution in [0.2, 0.25) is 0 Å². The summed E-state index contributed by atoms with van der Waals surface area (Å²) < 4.78 is 8.89. The van der Waals surface area contributed by atoms with Gasteiger partial charge in [-0.2, -0.15) is 9.97 Å². The van der Waals surface area contributed by atoms with Crippen molar-refractivity contribution in [1.29, 1.82) is 0 Å². The molecule has 0 aromatic carbocycles. The fourth-order valence-electron chi connectivity index (χ4n) is 2.86. The zero-order valence-electron chi connectivity index (χ0n) is 14.8. The first-order valence-electron chi connectivity index (χ1n) is 8.43. The summed E-state index contributed by atoms with van der Waals surface area (Å²) in [5.41, 5.74) is 1.10. The Morgan fingerprint density at radius 3 is 2.73 bits per heavy atom. The molecule has 3 aromatic rings. The highest BCUT2D eigenvalue weighted by atomic mass is 16.5. The van der Waals surface area contributed by atoms with Crippen LogP contribution in [0, 0.1) is 0 Å². The van der Waals surface area contributed by atoms with Crippen molar-refractivity contribution < 1.29 is 9.84 Å². The van der Waals surface area contributed by atoms with E-state index < -0.39 is 0 Å². The third-order valence-electron chi connectivity index (χ3n) is 4.13. The minimum atomic E-state index is -0.380. The van der Waals surface area contributed by atoms with Crippen LogP contribution < -0.4 is 9.64 Å². The number of hydrogen-bond acceptors (Lipinski definition) is 10. The fourth-order valence-corrected chi connectivity index (χ4v) is 2.86. The Balaban J connectivity index is 1.78. The number of aliphatic hydroxyl groups excluding tert-OH is 1. The van der Waals surface area contributed by atoms with E-state index in [0.29, 0.717) is 48.9 Å². The third kappa shape index (κ3) is 3.03. The Morgan fingerprint density at radius 1 is 1.23 bits per heavy atom. The SMILES string of the molecule is CC(C)Oc1nc(N2CC[C@H](O)C2)c2nnn(Cc3nnnn3C)c2n1. The Hall–Kier alpha value is -2.89. The number of nitrogens with zero attached hydrogens (tertiary/aromatic N) is 10. The van der Waals surface area contributed by atoms with Crippen molar-refractivity contribution in [2.75, 3.05) is 18.0 Å². The topological polar surface area (TPSA) is 133 Å². The summed E-state index contributed by atoms with van der Waals surface area (Å²) in [6.45, 7) is 5.32. The Labute approximate surface area is 148 Å². The smallest absolute Gasteiger partial charge is 0.320 e. The molecule has 0 radical (unpaired) electrons. The fraction of sp³-hybridized carbons (Fsp3) is 0.643. The molecule has 26 heavy (non-hydrogen) atoms. The predicted octanol–water partition coefficient (Wildman–Crippen LogP) is -0.849. The lowest BCUT2D eigenvalue weighted by molar-refractivity contribution is 0.198. The quantitative estimate of drug-likeness (QED) is 0.613. The van der Waals surface area contributed by atoms with E-state index in [1.54, 1.807) is 16.4 Å². The van der Waals surface area contributed by atoms with Crippen LogP contribution in [0.3, 0.4) is 0 Å². The zero-order valence-corrected chi connectivity index (χ0v) is 14.8. The minimum Gasteiger partial charge on any atom is -0.461 e. The number of anilines is 1. The van der Waals surface area contributed by atoms with E-state index in [1.165, 1.54) is 0 Å². The number of hydrogen-bond donors (Lipinski definition) is 1. The van der Waals surface area contributed by atoms with E-state index in [4.69, 9.17) is 4.74 Å². The zero-order chi connectivity index (χ0) is 18.3. The van der Waals surface area contributed by atoms with Crippen molar-refractivity contribution in [3.8, 4) is 6.01 Å². The van der Waals surface area contributed by atoms with Gasteiger partial charge in [0.1, 0.15) is 6.54 Å². The molecule has 12 nitrogen and oxygen atoms in total. The molecule has 4 heterocycles. The highest BCUT2D eigenvalue weighted by Crippen LogP contribution is 2.27. The Bertz CT molecular complexity index is 920. The second-order valence-corrected chi connectivity index (χ2v) is 6.52. The van der Waals surface area contributed by atoms with Gasteiger partial charge in [0.2, 0.25) is 0 Å². The second-order valence-electron chi connectivity index (χ2n) is 6.52. The first-order chi connectivity index (χ1) is 12.5. The molecule has 3 aromatic heterocycles. The van der Waals surface area contributed by atoms with Crippen molar-refractivity contribution in [1.82, 2.24) is 45.2 Å². The van der Waals surface area contributed by atoms with Gasteiger partial charge in [0.25, 0.3) is 0 Å². The van der Waals surface area contributed by atoms with Crippen molar-refractivity contribution in [3.05, 3.63) is 5.82 Å². The van der Waals surface area contributed by atoms with Crippen molar-refractivity contribution in [3.63, 3.8) is 0 Å². The molecule has 1 atom stereocenters. The first kappa shape index (κ1) is 16.6. The molecule has 4 rings (SSSR count). The van der Waals surface area contributed by atoms with Crippen molar-refractivity contribution >= 4 is 17.0 Å². The monoisotopic (exact) mass is 360 g/mol. The van der Waals surface area contributed by atoms with Gasteiger partial charge in [-0.1, -0.05) is 5.21 Å². The maximum Gasteiger partial charge on any atom is 0.320 e. The standard InChI is InChI=1S/C14H20N10O2/c1-8(2)26-14-15-12(23-5-4-9(25)6-23)11-13(16-14)24(20-18-11)7-10-17-19-21-22(10)3/h8-9,25H,4-7H2,1-3H3/t9-/m0/s1. The maximum absolute atomic E-state index is 9.87. The molecule has 0 aliphatic carbocycles. The molecule has 1 fully saturated rings. The van der Waals surface area contributed by atoms with Gasteiger partial charge in [-0.3, -0.25) is 0 Å². The number of ether oxygens (including phenoxy) is 1. The number of aliphatic hydroxyl groups is 1. The van der Waals surface area contributed by atoms with Crippen molar-refractivity contribution in [2.24, 2.45) is 7.05 Å². The molecule has 0 saturated carbocycles. The number of β-amino-alcohol motifs (C(OH)–C–C–N with tert-alkyl or cyclic N) is 1. The summed E-state index contributed by atoms with van der Waals surface area (Å²) in [6, 6.07) is 0.253. The van der Waals surface area contributed by atoms with E-state index in [-0.39, 0.29) is 18.2 Å². The molecule has 12 heteroatoms. The van der Waals surface area contributed by atoms with E-state index >= 15 is 0 Å². The van der Waals surface area contributed by atoms with Crippen LogP contribution in [0.25, 0.3) is 11.2 Å². The highest BCUT2D eigenvalue weighted by Gasteiger charge is 2.27. The summed E-state index contributed by atoms with van der Waals surface area (Å²) in [6.07, 6.45) is 0.232. The summed E-state index contributed by atoms with van der Waals surface area (Å²) in [4.78, 5) is 11.0. The molecule has 0 spiro atoms. The van der Waals surface area contributed by atoms with Gasteiger partial charge in [-0.25, -0.2) is 9.36 Å². The molecule has 1 N–H and O–H groups in total. The largest absolute Gasteiger partial charge is 0.461 e. The van der Waals surface area contributed by atoms with Crippen LogP contribution in [-0.4, -0.2) is 75.6 Å². The van der Waals surface area contributed by atoms with Gasteiger partial charge in [0, 0.05) is 20.1 Å². The van der Waals surface area contributed by atoms with E-state index in [1.807, 2.05) is 18.7 Å². The van der Waals surface area contributed by atoms with Gasteiger partial charge in [0.05, 0.1) is 12.2 Å². The average Bonchev–Trinajstić information content (AvgIpc) is 3.29. The van der Waals surface area contributed by atoms with Crippen LogP contribution in [0.15, 0.2) is 0 Å². The average molecular weight is 360 g/mol. The lowest BCUT2D eigenvalue weighted by Crippen LogP contribution is -2.23. The van der Waals surface area contributed by atoms with Gasteiger partial charge >= 0.3 is 6.01 Å². The van der Waals surface area contributed by atoms with E-state index in [9.17, 15) is 5.11 Å². The third-order valence-corrected chi connectivity index (χ3v) is 4.13. The number of rotatable bonds is 5. The number of tetrazole rings is 1. The lowest BCUT2D eigenvalue weighted by Gasteiger charge is -2.18. The molecule has 138 valence electrons. The van der Waals surface area contributed by atoms with Gasteiger partial charge < -0.3 is 14.7 Å². The van der Waals surface area contributed by atoms with Crippen LogP contribution in [0.4, 0.5) is 5.82 Å². The maximum atomic E-state index is 9.87. The normalized spacial score (nSPS) is 17.6. The molecule has 0 bridgehead atoms. The van der Waals surface area contributed by atoms with E-state index in [2.05, 4.69) is 35.8 Å². The first-order valence-corrected chi connectivity index (χ1v) is 8.43. The lowest BCUT2D eigenvalue weighted by atomic mass is 10.3.